The van der Waals surface area contributed by atoms with Gasteiger partial charge in [0, 0.05) is 13.2 Å². The van der Waals surface area contributed by atoms with Gasteiger partial charge in [-0.1, -0.05) is 13.3 Å². The van der Waals surface area contributed by atoms with Crippen molar-refractivity contribution in [1.29, 1.82) is 0 Å². The molecule has 4 heteroatoms. The molecule has 0 aliphatic rings. The Kier molecular flexibility index (Phi) is 14.9. The molecular weight excluding hydrogens is 184 g/mol. The SMILES string of the molecule is CCCC(O)O.CCOC(C)OCC. The zero-order chi connectivity index (χ0) is 11.4. The van der Waals surface area contributed by atoms with E-state index in [-0.39, 0.29) is 6.29 Å². The first-order valence-electron chi connectivity index (χ1n) is 5.17. The standard InChI is InChI=1S/C6H14O2.C4H10O2/c1-4-7-6(3)8-5-2;1-2-3-4(5)6/h6H,4-5H2,1-3H3;4-6H,2-3H2,1H3. The molecule has 0 rings (SSSR count). The lowest BCUT2D eigenvalue weighted by molar-refractivity contribution is -0.123. The maximum atomic E-state index is 8.11. The predicted octanol–water partition coefficient (Wildman–Crippen LogP) is 1.50. The Labute approximate surface area is 86.8 Å². The average molecular weight is 208 g/mol. The summed E-state index contributed by atoms with van der Waals surface area (Å²) in [6.07, 6.45) is 0.178. The van der Waals surface area contributed by atoms with Crippen molar-refractivity contribution in [2.75, 3.05) is 13.2 Å². The van der Waals surface area contributed by atoms with Gasteiger partial charge in [-0.15, -0.1) is 0 Å². The highest BCUT2D eigenvalue weighted by molar-refractivity contribution is 4.31. The minimum atomic E-state index is -1.10. The number of aliphatic hydroxyl groups is 2. The molecule has 2 N–H and O–H groups in total. The van der Waals surface area contributed by atoms with Crippen molar-refractivity contribution in [3.05, 3.63) is 0 Å². The second-order valence-electron chi connectivity index (χ2n) is 2.75. The fraction of sp³-hybridized carbons (Fsp3) is 1.00. The van der Waals surface area contributed by atoms with E-state index in [2.05, 4.69) is 0 Å². The van der Waals surface area contributed by atoms with Gasteiger partial charge in [-0.3, -0.25) is 0 Å². The third kappa shape index (κ3) is 17.8. The van der Waals surface area contributed by atoms with Crippen molar-refractivity contribution in [2.24, 2.45) is 0 Å². The molecule has 0 radical (unpaired) electrons. The molecular formula is C10H24O4. The zero-order valence-corrected chi connectivity index (χ0v) is 9.69. The zero-order valence-electron chi connectivity index (χ0n) is 9.69. The van der Waals surface area contributed by atoms with Crippen LogP contribution >= 0.6 is 0 Å². The lowest BCUT2D eigenvalue weighted by Gasteiger charge is -2.09. The van der Waals surface area contributed by atoms with Gasteiger partial charge >= 0.3 is 0 Å². The molecule has 14 heavy (non-hydrogen) atoms. The first-order valence-corrected chi connectivity index (χ1v) is 5.17. The molecule has 0 unspecified atom stereocenters. The number of rotatable bonds is 6. The summed E-state index contributed by atoms with van der Waals surface area (Å²) < 4.78 is 10.1. The van der Waals surface area contributed by atoms with Gasteiger partial charge in [0.15, 0.2) is 12.6 Å². The van der Waals surface area contributed by atoms with Gasteiger partial charge in [0.25, 0.3) is 0 Å². The molecule has 0 fully saturated rings. The van der Waals surface area contributed by atoms with Crippen LogP contribution in [0.2, 0.25) is 0 Å². The van der Waals surface area contributed by atoms with Gasteiger partial charge in [0.2, 0.25) is 0 Å². The highest BCUT2D eigenvalue weighted by Gasteiger charge is 1.94. The molecule has 0 saturated carbocycles. The van der Waals surface area contributed by atoms with Gasteiger partial charge < -0.3 is 19.7 Å². The van der Waals surface area contributed by atoms with Gasteiger partial charge in [-0.25, -0.2) is 0 Å². The highest BCUT2D eigenvalue weighted by atomic mass is 16.7. The first kappa shape index (κ1) is 16.3. The molecule has 88 valence electrons. The monoisotopic (exact) mass is 208 g/mol. The van der Waals surface area contributed by atoms with Crippen LogP contribution in [0.5, 0.6) is 0 Å². The Hall–Kier alpha value is -0.160. The van der Waals surface area contributed by atoms with E-state index in [9.17, 15) is 0 Å². The maximum Gasteiger partial charge on any atom is 0.154 e. The topological polar surface area (TPSA) is 58.9 Å². The molecule has 0 spiro atoms. The Morgan fingerprint density at radius 2 is 1.43 bits per heavy atom. The van der Waals surface area contributed by atoms with Crippen LogP contribution in [-0.2, 0) is 9.47 Å². The summed E-state index contributed by atoms with van der Waals surface area (Å²) in [6.45, 7) is 9.15. The summed E-state index contributed by atoms with van der Waals surface area (Å²) in [4.78, 5) is 0. The molecule has 0 aromatic carbocycles. The fourth-order valence-electron chi connectivity index (χ4n) is 0.776. The summed E-state index contributed by atoms with van der Waals surface area (Å²) >= 11 is 0. The molecule has 0 aromatic heterocycles. The van der Waals surface area contributed by atoms with Crippen LogP contribution in [-0.4, -0.2) is 36.0 Å². The Morgan fingerprint density at radius 1 is 1.00 bits per heavy atom. The van der Waals surface area contributed by atoms with Crippen LogP contribution < -0.4 is 0 Å². The predicted molar refractivity (Wildman–Crippen MR) is 55.8 cm³/mol. The number of hydrogen-bond acceptors (Lipinski definition) is 4. The van der Waals surface area contributed by atoms with Crippen LogP contribution in [0.4, 0.5) is 0 Å². The summed E-state index contributed by atoms with van der Waals surface area (Å²) in [7, 11) is 0. The van der Waals surface area contributed by atoms with Gasteiger partial charge in [-0.05, 0) is 27.2 Å². The van der Waals surface area contributed by atoms with Crippen molar-refractivity contribution in [3.8, 4) is 0 Å². The maximum absolute atomic E-state index is 8.11. The number of aliphatic hydroxyl groups excluding tert-OH is 1. The summed E-state index contributed by atoms with van der Waals surface area (Å²) in [6, 6.07) is 0. The van der Waals surface area contributed by atoms with Gasteiger partial charge in [0.05, 0.1) is 0 Å². The molecule has 0 bridgehead atoms. The molecule has 0 amide bonds. The Morgan fingerprint density at radius 3 is 1.57 bits per heavy atom. The van der Waals surface area contributed by atoms with Crippen molar-refractivity contribution >= 4 is 0 Å². The van der Waals surface area contributed by atoms with Crippen LogP contribution in [0.25, 0.3) is 0 Å². The van der Waals surface area contributed by atoms with E-state index in [1.165, 1.54) is 0 Å². The third-order valence-corrected chi connectivity index (χ3v) is 1.35. The van der Waals surface area contributed by atoms with Crippen LogP contribution in [0, 0.1) is 0 Å². The van der Waals surface area contributed by atoms with Gasteiger partial charge in [0.1, 0.15) is 0 Å². The quantitative estimate of drug-likeness (QED) is 0.649. The summed E-state index contributed by atoms with van der Waals surface area (Å²) in [5.41, 5.74) is 0. The van der Waals surface area contributed by atoms with E-state index in [1.807, 2.05) is 27.7 Å². The minimum absolute atomic E-state index is 0.0370. The molecule has 0 aliphatic heterocycles. The summed E-state index contributed by atoms with van der Waals surface area (Å²) in [5, 5.41) is 16.2. The molecule has 0 atom stereocenters. The van der Waals surface area contributed by atoms with Gasteiger partial charge in [-0.2, -0.15) is 0 Å². The van der Waals surface area contributed by atoms with E-state index in [4.69, 9.17) is 19.7 Å². The van der Waals surface area contributed by atoms with Crippen molar-refractivity contribution in [3.63, 3.8) is 0 Å². The summed E-state index contributed by atoms with van der Waals surface area (Å²) in [5.74, 6) is 0. The lowest BCUT2D eigenvalue weighted by Crippen LogP contribution is -2.11. The normalized spacial score (nSPS) is 10.3. The smallest absolute Gasteiger partial charge is 0.154 e. The number of ether oxygens (including phenoxy) is 2. The molecule has 0 saturated heterocycles. The Bertz CT molecular complexity index is 90.1. The number of hydrogen-bond donors (Lipinski definition) is 2. The molecule has 0 heterocycles. The van der Waals surface area contributed by atoms with Crippen LogP contribution in [0.1, 0.15) is 40.5 Å². The molecule has 0 aromatic rings. The molecule has 0 aliphatic carbocycles. The van der Waals surface area contributed by atoms with E-state index in [0.717, 1.165) is 19.6 Å². The van der Waals surface area contributed by atoms with Crippen LogP contribution in [0.3, 0.4) is 0 Å². The van der Waals surface area contributed by atoms with Crippen molar-refractivity contribution in [1.82, 2.24) is 0 Å². The van der Waals surface area contributed by atoms with Crippen molar-refractivity contribution in [2.45, 2.75) is 53.1 Å². The minimum Gasteiger partial charge on any atom is -0.368 e. The first-order chi connectivity index (χ1) is 6.58. The van der Waals surface area contributed by atoms with E-state index in [0.29, 0.717) is 6.42 Å². The fourth-order valence-corrected chi connectivity index (χ4v) is 0.776. The average Bonchev–Trinajstić information content (AvgIpc) is 2.05. The van der Waals surface area contributed by atoms with Crippen molar-refractivity contribution < 1.29 is 19.7 Å². The largest absolute Gasteiger partial charge is 0.368 e. The van der Waals surface area contributed by atoms with E-state index in [1.54, 1.807) is 0 Å². The van der Waals surface area contributed by atoms with E-state index < -0.39 is 6.29 Å². The Balaban J connectivity index is 0. The second-order valence-corrected chi connectivity index (χ2v) is 2.75. The third-order valence-electron chi connectivity index (χ3n) is 1.35. The second kappa shape index (κ2) is 12.8. The highest BCUT2D eigenvalue weighted by Crippen LogP contribution is 1.90. The lowest BCUT2D eigenvalue weighted by atomic mass is 10.3. The van der Waals surface area contributed by atoms with E-state index >= 15 is 0 Å². The van der Waals surface area contributed by atoms with Crippen LogP contribution in [0.15, 0.2) is 0 Å². The molecule has 4 nitrogen and oxygen atoms in total.